The predicted molar refractivity (Wildman–Crippen MR) is 112 cm³/mol. The number of ether oxygens (including phenoxy) is 1. The van der Waals surface area contributed by atoms with E-state index in [0.717, 1.165) is 31.2 Å². The molecule has 0 amide bonds. The SMILES string of the molecule is COC(=O)c1cc(Cc2ccc(-n3cccn3)cc2)c(C2CC2)cc1OS(=O)(=O)C(F)(F)F. The van der Waals surface area contributed by atoms with Gasteiger partial charge < -0.3 is 8.92 Å². The average molecular weight is 480 g/mol. The minimum absolute atomic E-state index is 0.0472. The Morgan fingerprint density at radius 3 is 2.42 bits per heavy atom. The topological polar surface area (TPSA) is 87.5 Å². The zero-order chi connectivity index (χ0) is 23.8. The summed E-state index contributed by atoms with van der Waals surface area (Å²) in [7, 11) is -4.90. The number of benzene rings is 2. The standard InChI is InChI=1S/C22H19F3N2O5S/c1-31-21(28)19-12-16(11-14-3-7-17(8-4-14)27-10-2-9-26-27)18(15-5-6-15)13-20(19)32-33(29,30)22(23,24)25/h2-4,7-10,12-13,15H,5-6,11H2,1H3. The Kier molecular flexibility index (Phi) is 5.91. The van der Waals surface area contributed by atoms with E-state index in [1.807, 2.05) is 24.3 Å². The van der Waals surface area contributed by atoms with Crippen LogP contribution in [0.5, 0.6) is 5.75 Å². The Hall–Kier alpha value is -3.34. The largest absolute Gasteiger partial charge is 0.534 e. The van der Waals surface area contributed by atoms with Crippen LogP contribution >= 0.6 is 0 Å². The van der Waals surface area contributed by atoms with Crippen molar-refractivity contribution in [3.8, 4) is 11.4 Å². The molecule has 4 rings (SSSR count). The Bertz CT molecular complexity index is 1270. The number of halogens is 3. The van der Waals surface area contributed by atoms with Crippen molar-refractivity contribution in [1.29, 1.82) is 0 Å². The number of rotatable bonds is 7. The van der Waals surface area contributed by atoms with Gasteiger partial charge in [-0.3, -0.25) is 0 Å². The lowest BCUT2D eigenvalue weighted by Gasteiger charge is -2.17. The van der Waals surface area contributed by atoms with Crippen LogP contribution in [0.2, 0.25) is 0 Å². The average Bonchev–Trinajstić information content (AvgIpc) is 3.46. The normalized spacial score (nSPS) is 14.2. The molecule has 1 saturated carbocycles. The van der Waals surface area contributed by atoms with Crippen LogP contribution in [0.3, 0.4) is 0 Å². The van der Waals surface area contributed by atoms with Crippen LogP contribution in [0.1, 0.15) is 45.8 Å². The maximum absolute atomic E-state index is 12.9. The first-order valence-electron chi connectivity index (χ1n) is 9.94. The first-order chi connectivity index (χ1) is 15.6. The molecule has 174 valence electrons. The van der Waals surface area contributed by atoms with E-state index in [4.69, 9.17) is 0 Å². The second kappa shape index (κ2) is 8.54. The first kappa shape index (κ1) is 22.8. The molecule has 0 radical (unpaired) electrons. The summed E-state index contributed by atoms with van der Waals surface area (Å²) in [5.41, 5.74) is -2.96. The molecule has 0 aliphatic heterocycles. The third-order valence-corrected chi connectivity index (χ3v) is 6.21. The number of hydrogen-bond acceptors (Lipinski definition) is 6. The highest BCUT2D eigenvalue weighted by molar-refractivity contribution is 7.88. The number of carbonyl (C=O) groups is 1. The van der Waals surface area contributed by atoms with E-state index in [0.29, 0.717) is 17.5 Å². The molecule has 1 aliphatic rings. The molecule has 0 N–H and O–H groups in total. The smallest absolute Gasteiger partial charge is 0.465 e. The zero-order valence-electron chi connectivity index (χ0n) is 17.4. The molecule has 0 saturated heterocycles. The van der Waals surface area contributed by atoms with Crippen LogP contribution in [0.4, 0.5) is 13.2 Å². The number of esters is 1. The molecule has 3 aromatic rings. The van der Waals surface area contributed by atoms with Crippen LogP contribution in [-0.2, 0) is 21.3 Å². The molecular weight excluding hydrogens is 461 g/mol. The molecule has 1 aliphatic carbocycles. The molecule has 0 unspecified atom stereocenters. The Labute approximate surface area is 187 Å². The van der Waals surface area contributed by atoms with Crippen molar-refractivity contribution < 1.29 is 35.3 Å². The van der Waals surface area contributed by atoms with E-state index in [9.17, 15) is 26.4 Å². The van der Waals surface area contributed by atoms with E-state index in [-0.39, 0.29) is 5.92 Å². The van der Waals surface area contributed by atoms with Gasteiger partial charge in [-0.05, 0) is 72.2 Å². The van der Waals surface area contributed by atoms with Gasteiger partial charge in [-0.25, -0.2) is 9.48 Å². The van der Waals surface area contributed by atoms with Gasteiger partial charge in [0, 0.05) is 12.4 Å². The second-order valence-electron chi connectivity index (χ2n) is 7.59. The van der Waals surface area contributed by atoms with Gasteiger partial charge in [-0.1, -0.05) is 12.1 Å². The summed E-state index contributed by atoms with van der Waals surface area (Å²) in [6, 6.07) is 11.9. The zero-order valence-corrected chi connectivity index (χ0v) is 18.2. The van der Waals surface area contributed by atoms with Crippen LogP contribution in [-0.4, -0.2) is 36.8 Å². The lowest BCUT2D eigenvalue weighted by Crippen LogP contribution is -2.28. The minimum atomic E-state index is -5.95. The summed E-state index contributed by atoms with van der Waals surface area (Å²) in [5.74, 6) is -1.65. The molecule has 7 nitrogen and oxygen atoms in total. The van der Waals surface area contributed by atoms with E-state index in [2.05, 4.69) is 14.0 Å². The summed E-state index contributed by atoms with van der Waals surface area (Å²) >= 11 is 0. The Morgan fingerprint density at radius 1 is 1.18 bits per heavy atom. The van der Waals surface area contributed by atoms with Crippen LogP contribution in [0, 0.1) is 0 Å². The summed E-state index contributed by atoms with van der Waals surface area (Å²) in [5, 5.41) is 4.16. The maximum atomic E-state index is 12.9. The van der Waals surface area contributed by atoms with Crippen molar-refractivity contribution in [3.05, 3.63) is 77.1 Å². The first-order valence-corrected chi connectivity index (χ1v) is 11.3. The highest BCUT2D eigenvalue weighted by Crippen LogP contribution is 2.45. The molecule has 2 aromatic carbocycles. The van der Waals surface area contributed by atoms with Crippen LogP contribution in [0.25, 0.3) is 5.69 Å². The van der Waals surface area contributed by atoms with E-state index >= 15 is 0 Å². The van der Waals surface area contributed by atoms with Crippen molar-refractivity contribution in [2.45, 2.75) is 30.7 Å². The number of methoxy groups -OCH3 is 1. The Balaban J connectivity index is 1.71. The number of hydrogen-bond donors (Lipinski definition) is 0. The van der Waals surface area contributed by atoms with Gasteiger partial charge >= 0.3 is 21.6 Å². The summed E-state index contributed by atoms with van der Waals surface area (Å²) in [6.45, 7) is 0. The molecule has 1 aromatic heterocycles. The quantitative estimate of drug-likeness (QED) is 0.284. The van der Waals surface area contributed by atoms with E-state index in [1.165, 1.54) is 12.1 Å². The summed E-state index contributed by atoms with van der Waals surface area (Å²) in [6.07, 6.45) is 5.44. The van der Waals surface area contributed by atoms with Gasteiger partial charge in [0.25, 0.3) is 0 Å². The molecule has 1 fully saturated rings. The lowest BCUT2D eigenvalue weighted by atomic mass is 9.94. The van der Waals surface area contributed by atoms with Gasteiger partial charge in [0.15, 0.2) is 5.75 Å². The number of nitrogens with zero attached hydrogens (tertiary/aromatic N) is 2. The van der Waals surface area contributed by atoms with Crippen molar-refractivity contribution in [2.24, 2.45) is 0 Å². The van der Waals surface area contributed by atoms with Gasteiger partial charge in [-0.2, -0.15) is 26.7 Å². The lowest BCUT2D eigenvalue weighted by molar-refractivity contribution is -0.0500. The van der Waals surface area contributed by atoms with Gasteiger partial charge in [-0.15, -0.1) is 0 Å². The van der Waals surface area contributed by atoms with E-state index < -0.39 is 32.9 Å². The van der Waals surface area contributed by atoms with Crippen molar-refractivity contribution >= 4 is 16.1 Å². The van der Waals surface area contributed by atoms with Gasteiger partial charge in [0.05, 0.1) is 12.8 Å². The van der Waals surface area contributed by atoms with Crippen molar-refractivity contribution in [2.75, 3.05) is 7.11 Å². The fourth-order valence-electron chi connectivity index (χ4n) is 3.48. The monoisotopic (exact) mass is 480 g/mol. The Morgan fingerprint density at radius 2 is 1.88 bits per heavy atom. The van der Waals surface area contributed by atoms with Gasteiger partial charge in [0.1, 0.15) is 5.56 Å². The molecule has 0 spiro atoms. The summed E-state index contributed by atoms with van der Waals surface area (Å²) in [4.78, 5) is 12.3. The fraction of sp³-hybridized carbons (Fsp3) is 0.273. The molecule has 33 heavy (non-hydrogen) atoms. The van der Waals surface area contributed by atoms with Crippen molar-refractivity contribution in [1.82, 2.24) is 9.78 Å². The highest BCUT2D eigenvalue weighted by atomic mass is 32.2. The minimum Gasteiger partial charge on any atom is -0.465 e. The molecule has 1 heterocycles. The van der Waals surface area contributed by atoms with Crippen LogP contribution in [0.15, 0.2) is 54.9 Å². The molecular formula is C22H19F3N2O5S. The number of aromatic nitrogens is 2. The number of carbonyl (C=O) groups excluding carboxylic acids is 1. The predicted octanol–water partition coefficient (Wildman–Crippen LogP) is 4.36. The second-order valence-corrected chi connectivity index (χ2v) is 9.13. The third kappa shape index (κ3) is 4.87. The maximum Gasteiger partial charge on any atom is 0.534 e. The fourth-order valence-corrected chi connectivity index (χ4v) is 3.95. The van der Waals surface area contributed by atoms with Gasteiger partial charge in [0.2, 0.25) is 0 Å². The third-order valence-electron chi connectivity index (χ3n) is 5.25. The van der Waals surface area contributed by atoms with Crippen LogP contribution < -0.4 is 4.18 Å². The molecule has 0 bridgehead atoms. The highest BCUT2D eigenvalue weighted by Gasteiger charge is 2.49. The number of alkyl halides is 3. The molecule has 0 atom stereocenters. The van der Waals surface area contributed by atoms with Crippen molar-refractivity contribution in [3.63, 3.8) is 0 Å². The molecule has 11 heteroatoms. The summed E-state index contributed by atoms with van der Waals surface area (Å²) < 4.78 is 72.5. The van der Waals surface area contributed by atoms with E-state index in [1.54, 1.807) is 23.1 Å².